The van der Waals surface area contributed by atoms with Gasteiger partial charge in [0.05, 0.1) is 6.61 Å². The SMILES string of the molecule is CCOC(=O)c1cc2nc(CC3CCC(C)(C)CC3)cc(O)n2n1. The zero-order chi connectivity index (χ0) is 17.3. The van der Waals surface area contributed by atoms with Crippen molar-refractivity contribution in [3.63, 3.8) is 0 Å². The molecule has 0 spiro atoms. The molecule has 0 bridgehead atoms. The minimum atomic E-state index is -0.501. The maximum Gasteiger partial charge on any atom is 0.358 e. The molecular weight excluding hydrogens is 306 g/mol. The van der Waals surface area contributed by atoms with Gasteiger partial charge in [0, 0.05) is 17.8 Å². The quantitative estimate of drug-likeness (QED) is 0.869. The molecule has 24 heavy (non-hydrogen) atoms. The van der Waals surface area contributed by atoms with E-state index < -0.39 is 5.97 Å². The van der Waals surface area contributed by atoms with E-state index in [1.165, 1.54) is 30.2 Å². The van der Waals surface area contributed by atoms with Gasteiger partial charge in [-0.15, -0.1) is 0 Å². The molecule has 1 fully saturated rings. The van der Waals surface area contributed by atoms with Crippen molar-refractivity contribution in [2.24, 2.45) is 11.3 Å². The van der Waals surface area contributed by atoms with E-state index in [1.807, 2.05) is 0 Å². The Balaban J connectivity index is 1.79. The van der Waals surface area contributed by atoms with E-state index in [4.69, 9.17) is 4.74 Å². The second-order valence-corrected chi connectivity index (χ2v) is 7.44. The molecule has 2 aromatic rings. The smallest absolute Gasteiger partial charge is 0.358 e. The van der Waals surface area contributed by atoms with Crippen molar-refractivity contribution in [1.82, 2.24) is 14.6 Å². The maximum absolute atomic E-state index is 11.8. The van der Waals surface area contributed by atoms with E-state index in [1.54, 1.807) is 19.1 Å². The molecule has 0 unspecified atom stereocenters. The summed E-state index contributed by atoms with van der Waals surface area (Å²) in [4.78, 5) is 16.3. The molecule has 2 aromatic heterocycles. The monoisotopic (exact) mass is 331 g/mol. The van der Waals surface area contributed by atoms with Gasteiger partial charge in [-0.2, -0.15) is 9.61 Å². The number of nitrogens with zero attached hydrogens (tertiary/aromatic N) is 3. The first-order valence-electron chi connectivity index (χ1n) is 8.64. The first kappa shape index (κ1) is 16.7. The predicted molar refractivity (Wildman–Crippen MR) is 90.1 cm³/mol. The van der Waals surface area contributed by atoms with Crippen molar-refractivity contribution in [3.05, 3.63) is 23.5 Å². The Bertz CT molecular complexity index is 741. The highest BCUT2D eigenvalue weighted by molar-refractivity contribution is 5.88. The summed E-state index contributed by atoms with van der Waals surface area (Å²) in [6, 6.07) is 3.21. The third-order valence-corrected chi connectivity index (χ3v) is 4.90. The van der Waals surface area contributed by atoms with Gasteiger partial charge in [0.25, 0.3) is 0 Å². The Morgan fingerprint density at radius 1 is 1.38 bits per heavy atom. The minimum absolute atomic E-state index is 0.00156. The van der Waals surface area contributed by atoms with Crippen LogP contribution in [-0.2, 0) is 11.2 Å². The summed E-state index contributed by atoms with van der Waals surface area (Å²) in [7, 11) is 0. The van der Waals surface area contributed by atoms with Gasteiger partial charge in [0.15, 0.2) is 11.3 Å². The van der Waals surface area contributed by atoms with Gasteiger partial charge in [-0.3, -0.25) is 0 Å². The van der Waals surface area contributed by atoms with Crippen molar-refractivity contribution in [3.8, 4) is 5.88 Å². The number of hydrogen-bond donors (Lipinski definition) is 1. The average Bonchev–Trinajstić information content (AvgIpc) is 2.94. The van der Waals surface area contributed by atoms with Crippen molar-refractivity contribution in [2.45, 2.75) is 52.9 Å². The standard InChI is InChI=1S/C18H25N3O3/c1-4-24-17(23)14-11-15-19-13(10-16(22)21(15)20-14)9-12-5-7-18(2,3)8-6-12/h10-12,22H,4-9H2,1-3H3. The fraction of sp³-hybridized carbons (Fsp3) is 0.611. The fourth-order valence-corrected chi connectivity index (χ4v) is 3.38. The van der Waals surface area contributed by atoms with E-state index in [-0.39, 0.29) is 18.2 Å². The van der Waals surface area contributed by atoms with Crippen LogP contribution in [0.15, 0.2) is 12.1 Å². The van der Waals surface area contributed by atoms with E-state index in [9.17, 15) is 9.90 Å². The van der Waals surface area contributed by atoms with Crippen molar-refractivity contribution in [2.75, 3.05) is 6.61 Å². The molecule has 130 valence electrons. The number of aromatic nitrogens is 3. The van der Waals surface area contributed by atoms with Gasteiger partial charge in [-0.05, 0) is 50.4 Å². The Morgan fingerprint density at radius 2 is 2.08 bits per heavy atom. The summed E-state index contributed by atoms with van der Waals surface area (Å²) >= 11 is 0. The molecule has 6 heteroatoms. The number of carbonyl (C=O) groups is 1. The van der Waals surface area contributed by atoms with E-state index in [0.717, 1.165) is 12.1 Å². The third-order valence-electron chi connectivity index (χ3n) is 4.90. The van der Waals surface area contributed by atoms with Gasteiger partial charge < -0.3 is 9.84 Å². The van der Waals surface area contributed by atoms with Gasteiger partial charge in [-0.1, -0.05) is 13.8 Å². The molecule has 2 heterocycles. The maximum atomic E-state index is 11.8. The van der Waals surface area contributed by atoms with Crippen LogP contribution in [0.2, 0.25) is 0 Å². The predicted octanol–water partition coefficient (Wildman–Crippen LogP) is 3.37. The highest BCUT2D eigenvalue weighted by Crippen LogP contribution is 2.39. The van der Waals surface area contributed by atoms with Crippen LogP contribution in [0.1, 0.15) is 62.6 Å². The van der Waals surface area contributed by atoms with Gasteiger partial charge in [-0.25, -0.2) is 9.78 Å². The number of hydrogen-bond acceptors (Lipinski definition) is 5. The van der Waals surface area contributed by atoms with E-state index in [0.29, 0.717) is 17.0 Å². The van der Waals surface area contributed by atoms with Crippen molar-refractivity contribution >= 4 is 11.6 Å². The number of fused-ring (bicyclic) bond motifs is 1. The molecule has 0 aliphatic heterocycles. The molecule has 6 nitrogen and oxygen atoms in total. The van der Waals surface area contributed by atoms with E-state index >= 15 is 0 Å². The Kier molecular flexibility index (Phi) is 4.47. The summed E-state index contributed by atoms with van der Waals surface area (Å²) in [5.74, 6) is 0.0972. The van der Waals surface area contributed by atoms with Gasteiger partial charge in [0.1, 0.15) is 0 Å². The summed E-state index contributed by atoms with van der Waals surface area (Å²) in [6.07, 6.45) is 5.68. The Labute approximate surface area is 141 Å². The normalized spacial score (nSPS) is 18.0. The number of esters is 1. The highest BCUT2D eigenvalue weighted by Gasteiger charge is 2.27. The highest BCUT2D eigenvalue weighted by atomic mass is 16.5. The molecule has 0 amide bonds. The fourth-order valence-electron chi connectivity index (χ4n) is 3.38. The minimum Gasteiger partial charge on any atom is -0.493 e. The lowest BCUT2D eigenvalue weighted by molar-refractivity contribution is 0.0519. The summed E-state index contributed by atoms with van der Waals surface area (Å²) in [5.41, 5.74) is 1.93. The average molecular weight is 331 g/mol. The molecule has 1 aliphatic carbocycles. The topological polar surface area (TPSA) is 76.7 Å². The van der Waals surface area contributed by atoms with Gasteiger partial charge in [0.2, 0.25) is 5.88 Å². The zero-order valence-electron chi connectivity index (χ0n) is 14.6. The van der Waals surface area contributed by atoms with Crippen LogP contribution in [-0.4, -0.2) is 32.3 Å². The molecule has 0 atom stereocenters. The van der Waals surface area contributed by atoms with Crippen LogP contribution in [0.25, 0.3) is 5.65 Å². The zero-order valence-corrected chi connectivity index (χ0v) is 14.6. The van der Waals surface area contributed by atoms with Crippen LogP contribution in [0.4, 0.5) is 0 Å². The Morgan fingerprint density at radius 3 is 2.75 bits per heavy atom. The molecular formula is C18H25N3O3. The first-order chi connectivity index (χ1) is 11.4. The number of carbonyl (C=O) groups excluding carboxylic acids is 1. The van der Waals surface area contributed by atoms with Gasteiger partial charge >= 0.3 is 5.97 Å². The number of rotatable bonds is 4. The lowest BCUT2D eigenvalue weighted by atomic mass is 9.72. The molecule has 1 N–H and O–H groups in total. The molecule has 1 aliphatic rings. The molecule has 0 aromatic carbocycles. The van der Waals surface area contributed by atoms with Crippen LogP contribution >= 0.6 is 0 Å². The van der Waals surface area contributed by atoms with Crippen LogP contribution in [0.5, 0.6) is 5.88 Å². The van der Waals surface area contributed by atoms with Crippen molar-refractivity contribution in [1.29, 1.82) is 0 Å². The second-order valence-electron chi connectivity index (χ2n) is 7.44. The molecule has 3 rings (SSSR count). The van der Waals surface area contributed by atoms with Crippen LogP contribution in [0, 0.1) is 11.3 Å². The molecule has 0 radical (unpaired) electrons. The summed E-state index contributed by atoms with van der Waals surface area (Å²) < 4.78 is 6.22. The molecule has 1 saturated carbocycles. The first-order valence-corrected chi connectivity index (χ1v) is 8.64. The third kappa shape index (κ3) is 3.52. The van der Waals surface area contributed by atoms with E-state index in [2.05, 4.69) is 23.9 Å². The summed E-state index contributed by atoms with van der Waals surface area (Å²) in [6.45, 7) is 6.67. The largest absolute Gasteiger partial charge is 0.493 e. The van der Waals surface area contributed by atoms with Crippen LogP contribution in [0.3, 0.4) is 0 Å². The number of ether oxygens (including phenoxy) is 1. The van der Waals surface area contributed by atoms with Crippen molar-refractivity contribution < 1.29 is 14.6 Å². The van der Waals surface area contributed by atoms with Crippen LogP contribution < -0.4 is 0 Å². The lowest BCUT2D eigenvalue weighted by Crippen LogP contribution is -2.22. The summed E-state index contributed by atoms with van der Waals surface area (Å²) in [5, 5.41) is 14.3. The number of aromatic hydroxyl groups is 1. The lowest BCUT2D eigenvalue weighted by Gasteiger charge is -2.34. The second kappa shape index (κ2) is 6.42. The molecule has 0 saturated heterocycles. The Hall–Kier alpha value is -2.11.